The molecular weight excluding hydrogens is 322 g/mol. The van der Waals surface area contributed by atoms with E-state index in [-0.39, 0.29) is 10.8 Å². The van der Waals surface area contributed by atoms with E-state index in [0.29, 0.717) is 24.3 Å². The quantitative estimate of drug-likeness (QED) is 0.750. The van der Waals surface area contributed by atoms with Gasteiger partial charge in [0.05, 0.1) is 12.7 Å². The van der Waals surface area contributed by atoms with Gasteiger partial charge >= 0.3 is 0 Å². The van der Waals surface area contributed by atoms with Crippen molar-refractivity contribution in [1.82, 2.24) is 15.1 Å². The minimum absolute atomic E-state index is 0.0669. The van der Waals surface area contributed by atoms with E-state index < -0.39 is 0 Å². The molecule has 2 atom stereocenters. The van der Waals surface area contributed by atoms with Gasteiger partial charge in [-0.3, -0.25) is 4.79 Å². The van der Waals surface area contributed by atoms with Gasteiger partial charge in [-0.1, -0.05) is 46.3 Å². The van der Waals surface area contributed by atoms with Crippen molar-refractivity contribution in [1.29, 1.82) is 0 Å². The highest BCUT2D eigenvalue weighted by atomic mass is 16.2. The van der Waals surface area contributed by atoms with E-state index >= 15 is 0 Å². The fraction of sp³-hybridized carbons (Fsp3) is 0.773. The summed E-state index contributed by atoms with van der Waals surface area (Å²) in [5, 5.41) is 3.49. The number of rotatable bonds is 5. The maximum absolute atomic E-state index is 12.7. The van der Waals surface area contributed by atoms with Crippen molar-refractivity contribution < 1.29 is 4.79 Å². The fourth-order valence-electron chi connectivity index (χ4n) is 4.72. The summed E-state index contributed by atoms with van der Waals surface area (Å²) in [5.74, 6) is 0.904. The Labute approximate surface area is 159 Å². The Bertz CT molecular complexity index is 611. The second-order valence-corrected chi connectivity index (χ2v) is 10.6. The second-order valence-electron chi connectivity index (χ2n) is 10.6. The van der Waals surface area contributed by atoms with Gasteiger partial charge in [0.2, 0.25) is 5.91 Å². The van der Waals surface area contributed by atoms with E-state index in [0.717, 1.165) is 32.5 Å². The van der Waals surface area contributed by atoms with Crippen LogP contribution in [0.25, 0.3) is 0 Å². The predicted molar refractivity (Wildman–Crippen MR) is 107 cm³/mol. The molecule has 3 heterocycles. The third kappa shape index (κ3) is 4.63. The zero-order valence-electron chi connectivity index (χ0n) is 17.6. The van der Waals surface area contributed by atoms with Gasteiger partial charge in [-0.15, -0.1) is 0 Å². The summed E-state index contributed by atoms with van der Waals surface area (Å²) in [6.07, 6.45) is 9.92. The number of carbonyl (C=O) groups excluding carboxylic acids is 1. The molecule has 4 nitrogen and oxygen atoms in total. The van der Waals surface area contributed by atoms with Crippen molar-refractivity contribution in [3.8, 4) is 0 Å². The lowest BCUT2D eigenvalue weighted by atomic mass is 9.72. The lowest BCUT2D eigenvalue weighted by molar-refractivity contribution is -0.137. The molecular formula is C22H37N3O. The summed E-state index contributed by atoms with van der Waals surface area (Å²) < 4.78 is 0. The molecule has 4 aliphatic rings. The van der Waals surface area contributed by atoms with Gasteiger partial charge in [0, 0.05) is 31.9 Å². The average molecular weight is 360 g/mol. The molecule has 4 heteroatoms. The van der Waals surface area contributed by atoms with Gasteiger partial charge in [0.25, 0.3) is 0 Å². The highest BCUT2D eigenvalue weighted by Gasteiger charge is 2.39. The maximum Gasteiger partial charge on any atom is 0.223 e. The van der Waals surface area contributed by atoms with E-state index in [1.807, 2.05) is 0 Å². The Balaban J connectivity index is 1.64. The standard InChI is InChI=1S/C22H37N3O/c1-21(2,3)12-20(26)25-13-16-7-8-19(25)9-17(16)10-22(4,5)11-18-14-24(6)15-23-18/h9,14,16,19,23H,7-8,10-13,15H2,1-6H3. The number of carbonyl (C=O) groups is 1. The summed E-state index contributed by atoms with van der Waals surface area (Å²) in [4.78, 5) is 17.1. The van der Waals surface area contributed by atoms with Crippen molar-refractivity contribution >= 4 is 5.91 Å². The van der Waals surface area contributed by atoms with Crippen molar-refractivity contribution in [2.75, 3.05) is 20.3 Å². The number of nitrogens with zero attached hydrogens (tertiary/aromatic N) is 2. The zero-order chi connectivity index (χ0) is 19.1. The molecule has 2 bridgehead atoms. The van der Waals surface area contributed by atoms with Crippen LogP contribution in [0.3, 0.4) is 0 Å². The van der Waals surface area contributed by atoms with Crippen LogP contribution in [0.2, 0.25) is 0 Å². The van der Waals surface area contributed by atoms with Gasteiger partial charge in [-0.2, -0.15) is 0 Å². The Kier molecular flexibility index (Phi) is 5.15. The molecule has 0 aromatic rings. The number of allylic oxidation sites excluding steroid dienone is 1. The monoisotopic (exact) mass is 359 g/mol. The molecule has 0 saturated carbocycles. The van der Waals surface area contributed by atoms with Crippen molar-refractivity contribution in [2.45, 2.75) is 72.8 Å². The van der Waals surface area contributed by atoms with Crippen molar-refractivity contribution in [3.63, 3.8) is 0 Å². The van der Waals surface area contributed by atoms with Gasteiger partial charge < -0.3 is 15.1 Å². The van der Waals surface area contributed by atoms with Crippen LogP contribution in [0, 0.1) is 16.7 Å². The highest BCUT2D eigenvalue weighted by Crippen LogP contribution is 2.42. The topological polar surface area (TPSA) is 35.6 Å². The first-order chi connectivity index (χ1) is 12.0. The molecule has 4 rings (SSSR count). The predicted octanol–water partition coefficient (Wildman–Crippen LogP) is 4.11. The molecule has 0 aromatic heterocycles. The van der Waals surface area contributed by atoms with Crippen LogP contribution in [0.1, 0.15) is 66.7 Å². The van der Waals surface area contributed by atoms with Crippen LogP contribution in [0.15, 0.2) is 23.5 Å². The third-order valence-corrected chi connectivity index (χ3v) is 5.84. The van der Waals surface area contributed by atoms with Gasteiger partial charge in [-0.25, -0.2) is 0 Å². The molecule has 3 aliphatic heterocycles. The summed E-state index contributed by atoms with van der Waals surface area (Å²) in [7, 11) is 2.11. The SMILES string of the molecule is CN1C=C(CC(C)(C)CC2=CC3CCC2CN3C(=O)CC(C)(C)C)NC1. The third-order valence-electron chi connectivity index (χ3n) is 5.84. The molecule has 0 radical (unpaired) electrons. The molecule has 0 spiro atoms. The van der Waals surface area contributed by atoms with Gasteiger partial charge in [-0.05, 0) is 42.4 Å². The normalized spacial score (nSPS) is 25.9. The minimum atomic E-state index is 0.0669. The Morgan fingerprint density at radius 1 is 1.19 bits per heavy atom. The second kappa shape index (κ2) is 6.94. The van der Waals surface area contributed by atoms with Gasteiger partial charge in [0.15, 0.2) is 0 Å². The Morgan fingerprint density at radius 2 is 1.92 bits per heavy atom. The molecule has 0 aromatic carbocycles. The molecule has 1 aliphatic carbocycles. The first-order valence-corrected chi connectivity index (χ1v) is 10.2. The molecule has 1 amide bonds. The van der Waals surface area contributed by atoms with Crippen LogP contribution < -0.4 is 5.32 Å². The number of amides is 1. The maximum atomic E-state index is 12.7. The zero-order valence-corrected chi connectivity index (χ0v) is 17.6. The largest absolute Gasteiger partial charge is 0.370 e. The fourth-order valence-corrected chi connectivity index (χ4v) is 4.72. The lowest BCUT2D eigenvalue weighted by Gasteiger charge is -2.46. The first kappa shape index (κ1) is 19.3. The summed E-state index contributed by atoms with van der Waals surface area (Å²) in [6, 6.07) is 0.329. The first-order valence-electron chi connectivity index (χ1n) is 10.2. The molecule has 26 heavy (non-hydrogen) atoms. The number of hydrogen-bond donors (Lipinski definition) is 1. The van der Waals surface area contributed by atoms with Gasteiger partial charge in [0.1, 0.15) is 0 Å². The Morgan fingerprint density at radius 3 is 2.46 bits per heavy atom. The molecule has 1 saturated heterocycles. The van der Waals surface area contributed by atoms with Crippen LogP contribution in [0.5, 0.6) is 0 Å². The molecule has 146 valence electrons. The van der Waals surface area contributed by atoms with E-state index in [1.165, 1.54) is 12.1 Å². The lowest BCUT2D eigenvalue weighted by Crippen LogP contribution is -2.50. The van der Waals surface area contributed by atoms with Crippen LogP contribution in [0.4, 0.5) is 0 Å². The number of fused-ring (bicyclic) bond motifs is 2. The summed E-state index contributed by atoms with van der Waals surface area (Å²) in [6.45, 7) is 13.1. The van der Waals surface area contributed by atoms with Crippen molar-refractivity contribution in [3.05, 3.63) is 23.5 Å². The highest BCUT2D eigenvalue weighted by molar-refractivity contribution is 5.78. The molecule has 2 unspecified atom stereocenters. The van der Waals surface area contributed by atoms with E-state index in [1.54, 1.807) is 5.57 Å². The van der Waals surface area contributed by atoms with Crippen LogP contribution in [-0.2, 0) is 4.79 Å². The van der Waals surface area contributed by atoms with Crippen LogP contribution in [-0.4, -0.2) is 42.0 Å². The van der Waals surface area contributed by atoms with Crippen LogP contribution >= 0.6 is 0 Å². The van der Waals surface area contributed by atoms with E-state index in [4.69, 9.17) is 0 Å². The average Bonchev–Trinajstić information content (AvgIpc) is 2.89. The summed E-state index contributed by atoms with van der Waals surface area (Å²) >= 11 is 0. The Hall–Kier alpha value is -1.45. The van der Waals surface area contributed by atoms with E-state index in [2.05, 4.69) is 69.1 Å². The smallest absolute Gasteiger partial charge is 0.223 e. The van der Waals surface area contributed by atoms with E-state index in [9.17, 15) is 4.79 Å². The minimum Gasteiger partial charge on any atom is -0.370 e. The van der Waals surface area contributed by atoms with Crippen molar-refractivity contribution in [2.24, 2.45) is 16.7 Å². The number of piperidine rings is 1. The summed E-state index contributed by atoms with van der Waals surface area (Å²) in [5.41, 5.74) is 3.25. The number of nitrogens with one attached hydrogen (secondary N) is 1. The molecule has 1 fully saturated rings. The number of hydrogen-bond acceptors (Lipinski definition) is 3. The molecule has 1 N–H and O–H groups in total.